The third-order valence-corrected chi connectivity index (χ3v) is 5.50. The molecule has 0 aromatic carbocycles. The van der Waals surface area contributed by atoms with Gasteiger partial charge in [0.15, 0.2) is 0 Å². The second-order valence-corrected chi connectivity index (χ2v) is 7.99. The fraction of sp³-hybridized carbons (Fsp3) is 0.474. The van der Waals surface area contributed by atoms with E-state index in [2.05, 4.69) is 36.9 Å². The number of rotatable bonds is 5. The van der Waals surface area contributed by atoms with Crippen LogP contribution < -0.4 is 9.80 Å². The van der Waals surface area contributed by atoms with Crippen molar-refractivity contribution in [1.29, 1.82) is 0 Å². The van der Waals surface area contributed by atoms with Crippen LogP contribution in [0.25, 0.3) is 0 Å². The maximum atomic E-state index is 12.8. The van der Waals surface area contributed by atoms with Crippen LogP contribution in [0.1, 0.15) is 17.9 Å². The van der Waals surface area contributed by atoms with Crippen molar-refractivity contribution in [3.05, 3.63) is 36.3 Å². The molecule has 2 aromatic heterocycles. The van der Waals surface area contributed by atoms with Gasteiger partial charge < -0.3 is 14.5 Å². The van der Waals surface area contributed by atoms with Gasteiger partial charge in [-0.3, -0.25) is 4.98 Å². The van der Waals surface area contributed by atoms with Gasteiger partial charge in [-0.05, 0) is 6.42 Å². The summed E-state index contributed by atoms with van der Waals surface area (Å²) >= 11 is 0. The van der Waals surface area contributed by atoms with Crippen molar-refractivity contribution >= 4 is 24.1 Å². The van der Waals surface area contributed by atoms with Gasteiger partial charge in [-0.15, -0.1) is 5.10 Å². The average Bonchev–Trinajstić information content (AvgIpc) is 3.21. The number of aromatic nitrogens is 4. The molecule has 0 aliphatic carbocycles. The quantitative estimate of drug-likeness (QED) is 0.277. The van der Waals surface area contributed by atoms with Crippen LogP contribution in [0.5, 0.6) is 0 Å². The van der Waals surface area contributed by atoms with Gasteiger partial charge >= 0.3 is 18.3 Å². The molecule has 0 bridgehead atoms. The van der Waals surface area contributed by atoms with Gasteiger partial charge in [-0.25, -0.2) is 15.0 Å². The summed E-state index contributed by atoms with van der Waals surface area (Å²) < 4.78 is 81.1. The van der Waals surface area contributed by atoms with Crippen LogP contribution in [0.2, 0.25) is 0 Å². The molecular weight excluding hydrogens is 470 g/mol. The van der Waals surface area contributed by atoms with E-state index in [-0.39, 0.29) is 11.1 Å². The Morgan fingerprint density at radius 2 is 1.71 bits per heavy atom. The fourth-order valence-corrected chi connectivity index (χ4v) is 3.96. The maximum Gasteiger partial charge on any atom is 0.470 e. The minimum absolute atomic E-state index is 0.0946. The van der Waals surface area contributed by atoms with E-state index >= 15 is 0 Å². The Kier molecular flexibility index (Phi) is 6.03. The molecule has 2 fully saturated rings. The van der Waals surface area contributed by atoms with E-state index in [0.717, 1.165) is 18.8 Å². The average molecular weight is 488 g/mol. The Balaban J connectivity index is 1.35. The van der Waals surface area contributed by atoms with Crippen molar-refractivity contribution < 1.29 is 31.1 Å². The molecule has 0 saturated carbocycles. The van der Waals surface area contributed by atoms with Gasteiger partial charge in [0, 0.05) is 38.3 Å². The van der Waals surface area contributed by atoms with E-state index in [1.54, 1.807) is 0 Å². The second-order valence-electron chi connectivity index (χ2n) is 7.99. The minimum Gasteiger partial charge on any atom is -0.467 e. The zero-order valence-corrected chi connectivity index (χ0v) is 17.5. The smallest absolute Gasteiger partial charge is 0.467 e. The molecule has 0 amide bonds. The van der Waals surface area contributed by atoms with Crippen LogP contribution in [-0.4, -0.2) is 64.9 Å². The molecule has 0 unspecified atom stereocenters. The van der Waals surface area contributed by atoms with Crippen molar-refractivity contribution in [3.63, 3.8) is 0 Å². The molecule has 9 nitrogen and oxygen atoms in total. The molecule has 2 aliphatic rings. The normalized spacial score (nSPS) is 18.2. The molecule has 182 valence electrons. The first-order chi connectivity index (χ1) is 16.0. The van der Waals surface area contributed by atoms with Crippen molar-refractivity contribution in [2.24, 2.45) is 15.6 Å². The lowest BCUT2D eigenvalue weighted by molar-refractivity contribution is -0.145. The largest absolute Gasteiger partial charge is 0.470 e. The maximum absolute atomic E-state index is 12.8. The monoisotopic (exact) mass is 488 g/mol. The summed E-state index contributed by atoms with van der Waals surface area (Å²) in [5.41, 5.74) is 0.589. The number of hydrogen-bond donors (Lipinski definition) is 0. The lowest BCUT2D eigenvalue weighted by Gasteiger charge is -2.49. The van der Waals surface area contributed by atoms with Crippen LogP contribution >= 0.6 is 0 Å². The molecule has 2 aromatic rings. The highest BCUT2D eigenvalue weighted by atomic mass is 19.4. The van der Waals surface area contributed by atoms with Gasteiger partial charge in [-0.1, -0.05) is 0 Å². The van der Waals surface area contributed by atoms with Gasteiger partial charge in [0.2, 0.25) is 5.82 Å². The third-order valence-electron chi connectivity index (χ3n) is 5.50. The molecule has 1 spiro atoms. The van der Waals surface area contributed by atoms with Crippen molar-refractivity contribution in [2.45, 2.75) is 25.4 Å². The first-order valence-corrected chi connectivity index (χ1v) is 9.93. The molecule has 0 radical (unpaired) electrons. The summed E-state index contributed by atoms with van der Waals surface area (Å²) in [5, 5.41) is 5.71. The first-order valence-electron chi connectivity index (χ1n) is 9.93. The summed E-state index contributed by atoms with van der Waals surface area (Å²) in [7, 11) is 0. The number of nitrogens with zero attached hydrogens (tertiary/aromatic N) is 8. The van der Waals surface area contributed by atoms with E-state index in [1.165, 1.54) is 12.4 Å². The zero-order chi connectivity index (χ0) is 24.6. The van der Waals surface area contributed by atoms with Crippen molar-refractivity contribution in [3.8, 4) is 0 Å². The van der Waals surface area contributed by atoms with Gasteiger partial charge in [0.25, 0.3) is 0 Å². The minimum atomic E-state index is -4.82. The van der Waals surface area contributed by atoms with Crippen molar-refractivity contribution in [2.75, 3.05) is 36.0 Å². The number of ether oxygens (including phenoxy) is 1. The molecular formula is C19H18F6N8O. The lowest BCUT2D eigenvalue weighted by Crippen LogP contribution is -2.57. The van der Waals surface area contributed by atoms with Crippen LogP contribution in [0.3, 0.4) is 0 Å². The molecule has 0 N–H and O–H groups in total. The Hall–Kier alpha value is -3.52. The van der Waals surface area contributed by atoms with E-state index in [9.17, 15) is 26.3 Å². The summed E-state index contributed by atoms with van der Waals surface area (Å²) in [5.74, 6) is -2.23. The number of alkyl halides is 6. The van der Waals surface area contributed by atoms with E-state index in [4.69, 9.17) is 4.74 Å². The Bertz CT molecular complexity index is 1070. The summed E-state index contributed by atoms with van der Waals surface area (Å²) in [6, 6.07) is 0. The highest BCUT2D eigenvalue weighted by molar-refractivity contribution is 5.81. The van der Waals surface area contributed by atoms with Gasteiger partial charge in [-0.2, -0.15) is 31.4 Å². The van der Waals surface area contributed by atoms with Gasteiger partial charge in [0.05, 0.1) is 36.2 Å². The van der Waals surface area contributed by atoms with Crippen LogP contribution in [0.15, 0.2) is 35.0 Å². The standard InChI is InChI=1S/C19H18F6N8O/c1-26-31-16(19(23,24)25)34-8-12-4-27-7-14(30-12)32-3-2-17(9-32)10-33(11-17)13-5-28-15(29-6-13)18(20,21)22/h4-7H,1-3,8-11H2/b31-16-. The number of halogens is 6. The Morgan fingerprint density at radius 1 is 1.03 bits per heavy atom. The number of hydrogen-bond acceptors (Lipinski definition) is 9. The number of anilines is 2. The molecule has 4 heterocycles. The second kappa shape index (κ2) is 8.68. The SMILES string of the molecule is C=N/N=C(\OCc1cncc(N2CCC3(CN(c4cnc(C(F)(F)F)nc4)C3)C2)n1)C(F)(F)F. The van der Waals surface area contributed by atoms with Gasteiger partial charge in [0.1, 0.15) is 12.4 Å². The first kappa shape index (κ1) is 23.6. The van der Waals surface area contributed by atoms with E-state index in [0.29, 0.717) is 37.7 Å². The predicted octanol–water partition coefficient (Wildman–Crippen LogP) is 3.10. The van der Waals surface area contributed by atoms with Crippen molar-refractivity contribution in [1.82, 2.24) is 19.9 Å². The Morgan fingerprint density at radius 3 is 2.32 bits per heavy atom. The summed E-state index contributed by atoms with van der Waals surface area (Å²) in [6.07, 6.45) is -3.49. The lowest BCUT2D eigenvalue weighted by atomic mass is 9.79. The van der Waals surface area contributed by atoms with Crippen LogP contribution in [0, 0.1) is 5.41 Å². The molecule has 2 saturated heterocycles. The highest BCUT2D eigenvalue weighted by Gasteiger charge is 2.48. The molecule has 4 rings (SSSR count). The zero-order valence-electron chi connectivity index (χ0n) is 17.5. The van der Waals surface area contributed by atoms with E-state index < -0.39 is 30.7 Å². The van der Waals surface area contributed by atoms with Crippen LogP contribution in [-0.2, 0) is 17.5 Å². The molecule has 15 heteroatoms. The fourth-order valence-electron chi connectivity index (χ4n) is 3.96. The highest BCUT2D eigenvalue weighted by Crippen LogP contribution is 2.42. The molecule has 2 aliphatic heterocycles. The molecule has 34 heavy (non-hydrogen) atoms. The van der Waals surface area contributed by atoms with E-state index in [1.807, 2.05) is 9.80 Å². The topological polar surface area (TPSA) is 92.0 Å². The summed E-state index contributed by atoms with van der Waals surface area (Å²) in [6.45, 7) is 4.86. The summed E-state index contributed by atoms with van der Waals surface area (Å²) in [4.78, 5) is 19.0. The molecule has 0 atom stereocenters. The predicted molar refractivity (Wildman–Crippen MR) is 108 cm³/mol. The Labute approximate surface area is 189 Å². The third kappa shape index (κ3) is 5.02. The van der Waals surface area contributed by atoms with Crippen LogP contribution in [0.4, 0.5) is 37.8 Å².